The zero-order valence-corrected chi connectivity index (χ0v) is 12.1. The number of carbonyl (C=O) groups excluding carboxylic acids is 1. The van der Waals surface area contributed by atoms with Crippen molar-refractivity contribution in [1.82, 2.24) is 5.32 Å². The van der Waals surface area contributed by atoms with Gasteiger partial charge in [-0.25, -0.2) is 0 Å². The molecule has 0 radical (unpaired) electrons. The fraction of sp³-hybridized carbons (Fsp3) is 0.214. The molecule has 1 heterocycles. The van der Waals surface area contributed by atoms with Crippen LogP contribution >= 0.6 is 22.9 Å². The van der Waals surface area contributed by atoms with Gasteiger partial charge >= 0.3 is 0 Å². The normalized spacial score (nSPS) is 12.3. The molecule has 1 aromatic heterocycles. The van der Waals surface area contributed by atoms with Crippen LogP contribution in [0.4, 0.5) is 0 Å². The molecule has 0 aliphatic heterocycles. The average Bonchev–Trinajstić information content (AvgIpc) is 2.83. The Bertz CT molecular complexity index is 582. The predicted molar refractivity (Wildman–Crippen MR) is 79.5 cm³/mol. The van der Waals surface area contributed by atoms with Gasteiger partial charge in [0.1, 0.15) is 0 Å². The number of carbonyl (C=O) groups is 1. The van der Waals surface area contributed by atoms with Crippen molar-refractivity contribution >= 4 is 28.8 Å². The third-order valence-electron chi connectivity index (χ3n) is 2.91. The lowest BCUT2D eigenvalue weighted by Gasteiger charge is -2.12. The van der Waals surface area contributed by atoms with Gasteiger partial charge in [0, 0.05) is 18.2 Å². The number of benzene rings is 1. The third-order valence-corrected chi connectivity index (χ3v) is 4.02. The molecular weight excluding hydrogens is 280 g/mol. The number of halogens is 1. The molecule has 2 aromatic rings. The summed E-state index contributed by atoms with van der Waals surface area (Å²) in [7, 11) is 0. The van der Waals surface area contributed by atoms with Crippen LogP contribution in [0, 0.1) is 0 Å². The average molecular weight is 295 g/mol. The van der Waals surface area contributed by atoms with Crippen molar-refractivity contribution < 1.29 is 4.79 Å². The number of nitrogens with two attached hydrogens (primary N) is 1. The summed E-state index contributed by atoms with van der Waals surface area (Å²) in [6, 6.07) is 9.50. The highest BCUT2D eigenvalue weighted by molar-refractivity contribution is 7.14. The molecule has 5 heteroatoms. The Hall–Kier alpha value is -1.36. The maximum atomic E-state index is 11.1. The van der Waals surface area contributed by atoms with Gasteiger partial charge in [0.15, 0.2) is 0 Å². The number of hydrogen-bond acceptors (Lipinski definition) is 3. The molecule has 1 amide bonds. The first-order valence-corrected chi connectivity index (χ1v) is 7.18. The number of primary amides is 1. The molecule has 1 unspecified atom stereocenters. The van der Waals surface area contributed by atoms with Gasteiger partial charge in [-0.15, -0.1) is 11.3 Å². The molecule has 3 N–H and O–H groups in total. The minimum Gasteiger partial charge on any atom is -0.366 e. The smallest absolute Gasteiger partial charge is 0.248 e. The summed E-state index contributed by atoms with van der Waals surface area (Å²) >= 11 is 7.44. The molecule has 0 spiro atoms. The number of hydrogen-bond donors (Lipinski definition) is 2. The van der Waals surface area contributed by atoms with Crippen LogP contribution < -0.4 is 11.1 Å². The molecule has 0 bridgehead atoms. The summed E-state index contributed by atoms with van der Waals surface area (Å²) in [6.45, 7) is 2.76. The largest absolute Gasteiger partial charge is 0.366 e. The molecule has 2 rings (SSSR count). The molecule has 0 aliphatic carbocycles. The van der Waals surface area contributed by atoms with Crippen LogP contribution in [0.5, 0.6) is 0 Å². The predicted octanol–water partition coefficient (Wildman–Crippen LogP) is 3.35. The Morgan fingerprint density at radius 1 is 1.47 bits per heavy atom. The van der Waals surface area contributed by atoms with Gasteiger partial charge in [-0.1, -0.05) is 23.7 Å². The van der Waals surface area contributed by atoms with E-state index < -0.39 is 5.91 Å². The first-order chi connectivity index (χ1) is 9.06. The highest BCUT2D eigenvalue weighted by Gasteiger charge is 2.08. The summed E-state index contributed by atoms with van der Waals surface area (Å²) < 4.78 is 0.791. The first-order valence-electron chi connectivity index (χ1n) is 5.92. The van der Waals surface area contributed by atoms with Crippen molar-refractivity contribution in [2.75, 3.05) is 0 Å². The second-order valence-corrected chi connectivity index (χ2v) is 5.89. The summed E-state index contributed by atoms with van der Waals surface area (Å²) in [5.41, 5.74) is 7.99. The van der Waals surface area contributed by atoms with Gasteiger partial charge in [-0.3, -0.25) is 4.79 Å². The van der Waals surface area contributed by atoms with Gasteiger partial charge < -0.3 is 11.1 Å². The molecule has 0 fully saturated rings. The third kappa shape index (κ3) is 3.80. The second kappa shape index (κ2) is 6.19. The van der Waals surface area contributed by atoms with Gasteiger partial charge in [-0.2, -0.15) is 0 Å². The van der Waals surface area contributed by atoms with E-state index in [2.05, 4.69) is 12.2 Å². The molecule has 1 aromatic carbocycles. The lowest BCUT2D eigenvalue weighted by Crippen LogP contribution is -2.18. The Labute approximate surface area is 121 Å². The molecule has 100 valence electrons. The van der Waals surface area contributed by atoms with Crippen molar-refractivity contribution in [2.45, 2.75) is 19.5 Å². The zero-order valence-electron chi connectivity index (χ0n) is 10.5. The summed E-state index contributed by atoms with van der Waals surface area (Å²) in [4.78, 5) is 11.1. The maximum Gasteiger partial charge on any atom is 0.248 e. The van der Waals surface area contributed by atoms with E-state index in [1.165, 1.54) is 16.9 Å². The van der Waals surface area contributed by atoms with E-state index in [-0.39, 0.29) is 6.04 Å². The Balaban J connectivity index is 1.98. The quantitative estimate of drug-likeness (QED) is 0.888. The fourth-order valence-electron chi connectivity index (χ4n) is 1.77. The van der Waals surface area contributed by atoms with Crippen molar-refractivity contribution in [3.8, 4) is 0 Å². The standard InChI is InChI=1S/C14H15ClN2OS/c1-9(12-6-13(15)19-8-12)17-7-10-3-2-4-11(5-10)14(16)18/h2-6,8-9,17H,7H2,1H3,(H2,16,18). The lowest BCUT2D eigenvalue weighted by atomic mass is 10.1. The van der Waals surface area contributed by atoms with E-state index in [0.717, 1.165) is 9.90 Å². The SMILES string of the molecule is CC(NCc1cccc(C(N)=O)c1)c1csc(Cl)c1. The van der Waals surface area contributed by atoms with Gasteiger partial charge in [-0.05, 0) is 41.6 Å². The highest BCUT2D eigenvalue weighted by Crippen LogP contribution is 2.24. The van der Waals surface area contributed by atoms with E-state index in [0.29, 0.717) is 12.1 Å². The molecule has 19 heavy (non-hydrogen) atoms. The van der Waals surface area contributed by atoms with Crippen LogP contribution in [0.2, 0.25) is 4.34 Å². The number of rotatable bonds is 5. The summed E-state index contributed by atoms with van der Waals surface area (Å²) in [5.74, 6) is -0.403. The van der Waals surface area contributed by atoms with E-state index in [1.54, 1.807) is 6.07 Å². The van der Waals surface area contributed by atoms with Gasteiger partial charge in [0.05, 0.1) is 4.34 Å². The number of nitrogens with one attached hydrogen (secondary N) is 1. The number of amides is 1. The van der Waals surface area contributed by atoms with Crippen LogP contribution in [-0.4, -0.2) is 5.91 Å². The van der Waals surface area contributed by atoms with Crippen LogP contribution in [0.15, 0.2) is 35.7 Å². The molecule has 0 saturated heterocycles. The van der Waals surface area contributed by atoms with E-state index in [1.807, 2.05) is 29.6 Å². The molecule has 3 nitrogen and oxygen atoms in total. The van der Waals surface area contributed by atoms with Crippen LogP contribution in [-0.2, 0) is 6.54 Å². The monoisotopic (exact) mass is 294 g/mol. The minimum atomic E-state index is -0.403. The van der Waals surface area contributed by atoms with Gasteiger partial charge in [0.25, 0.3) is 0 Å². The Kier molecular flexibility index (Phi) is 4.58. The highest BCUT2D eigenvalue weighted by atomic mass is 35.5. The molecule has 1 atom stereocenters. The molecular formula is C14H15ClN2OS. The first kappa shape index (κ1) is 14.1. The van der Waals surface area contributed by atoms with Crippen LogP contribution in [0.25, 0.3) is 0 Å². The van der Waals surface area contributed by atoms with E-state index in [9.17, 15) is 4.79 Å². The summed E-state index contributed by atoms with van der Waals surface area (Å²) in [5, 5.41) is 5.43. The van der Waals surface area contributed by atoms with Crippen LogP contribution in [0.1, 0.15) is 34.5 Å². The fourth-order valence-corrected chi connectivity index (χ4v) is 2.76. The lowest BCUT2D eigenvalue weighted by molar-refractivity contribution is 0.1000. The Morgan fingerprint density at radius 2 is 2.26 bits per heavy atom. The molecule has 0 aliphatic rings. The van der Waals surface area contributed by atoms with E-state index in [4.69, 9.17) is 17.3 Å². The van der Waals surface area contributed by atoms with Crippen molar-refractivity contribution in [3.63, 3.8) is 0 Å². The molecule has 0 saturated carbocycles. The summed E-state index contributed by atoms with van der Waals surface area (Å²) in [6.07, 6.45) is 0. The topological polar surface area (TPSA) is 55.1 Å². The van der Waals surface area contributed by atoms with Crippen molar-refractivity contribution in [1.29, 1.82) is 0 Å². The maximum absolute atomic E-state index is 11.1. The van der Waals surface area contributed by atoms with Crippen molar-refractivity contribution in [2.24, 2.45) is 5.73 Å². The second-order valence-electron chi connectivity index (χ2n) is 4.35. The van der Waals surface area contributed by atoms with Gasteiger partial charge in [0.2, 0.25) is 5.91 Å². The van der Waals surface area contributed by atoms with E-state index >= 15 is 0 Å². The van der Waals surface area contributed by atoms with Crippen molar-refractivity contribution in [3.05, 3.63) is 56.7 Å². The Morgan fingerprint density at radius 3 is 2.89 bits per heavy atom. The number of thiophene rings is 1. The minimum absolute atomic E-state index is 0.209. The van der Waals surface area contributed by atoms with Crippen LogP contribution in [0.3, 0.4) is 0 Å². The zero-order chi connectivity index (χ0) is 13.8.